The third-order valence-corrected chi connectivity index (χ3v) is 5.03. The topological polar surface area (TPSA) is 59.8 Å². The molecule has 0 spiro atoms. The van der Waals surface area contributed by atoms with E-state index < -0.39 is 0 Å². The maximum atomic E-state index is 12.4. The number of benzene rings is 1. The van der Waals surface area contributed by atoms with Crippen molar-refractivity contribution in [2.24, 2.45) is 5.92 Å². The van der Waals surface area contributed by atoms with Crippen LogP contribution in [-0.2, 0) is 4.79 Å². The average Bonchev–Trinajstić information content (AvgIpc) is 2.92. The average molecular weight is 326 g/mol. The van der Waals surface area contributed by atoms with Crippen LogP contribution in [0.4, 0.5) is 5.69 Å². The number of carbonyl (C=O) groups is 1. The molecule has 1 amide bonds. The fourth-order valence-electron chi connectivity index (χ4n) is 3.53. The molecule has 0 radical (unpaired) electrons. The van der Waals surface area contributed by atoms with Crippen molar-refractivity contribution in [2.45, 2.75) is 58.4 Å². The van der Waals surface area contributed by atoms with Crippen molar-refractivity contribution in [1.29, 1.82) is 0 Å². The molecule has 5 heteroatoms. The van der Waals surface area contributed by atoms with Crippen molar-refractivity contribution in [3.05, 3.63) is 41.7 Å². The van der Waals surface area contributed by atoms with E-state index in [0.717, 1.165) is 29.4 Å². The molecule has 24 heavy (non-hydrogen) atoms. The van der Waals surface area contributed by atoms with Crippen LogP contribution in [0.25, 0.3) is 0 Å². The Hall–Kier alpha value is -2.17. The molecule has 1 atom stereocenters. The lowest BCUT2D eigenvalue weighted by Gasteiger charge is -2.33. The predicted molar refractivity (Wildman–Crippen MR) is 94.9 cm³/mol. The largest absolute Gasteiger partial charge is 0.326 e. The van der Waals surface area contributed by atoms with Gasteiger partial charge in [-0.05, 0) is 44.2 Å². The summed E-state index contributed by atoms with van der Waals surface area (Å²) >= 11 is 0. The first-order valence-corrected chi connectivity index (χ1v) is 8.85. The minimum absolute atomic E-state index is 0.0271. The second kappa shape index (κ2) is 7.16. The Bertz CT molecular complexity index is 689. The number of nitrogens with one attached hydrogen (secondary N) is 1. The smallest absolute Gasteiger partial charge is 0.225 e. The summed E-state index contributed by atoms with van der Waals surface area (Å²) < 4.78 is 2.06. The lowest BCUT2D eigenvalue weighted by molar-refractivity contribution is -0.116. The molecule has 128 valence electrons. The summed E-state index contributed by atoms with van der Waals surface area (Å²) in [6, 6.07) is 10.1. The van der Waals surface area contributed by atoms with E-state index in [4.69, 9.17) is 0 Å². The van der Waals surface area contributed by atoms with Gasteiger partial charge >= 0.3 is 0 Å². The molecule has 5 nitrogen and oxygen atoms in total. The Morgan fingerprint density at radius 2 is 2.04 bits per heavy atom. The van der Waals surface area contributed by atoms with Gasteiger partial charge in [-0.15, -0.1) is 5.10 Å². The van der Waals surface area contributed by atoms with E-state index in [2.05, 4.69) is 41.1 Å². The van der Waals surface area contributed by atoms with Gasteiger partial charge in [-0.3, -0.25) is 4.79 Å². The quantitative estimate of drug-likeness (QED) is 0.870. The molecule has 1 aromatic heterocycles. The highest BCUT2D eigenvalue weighted by Crippen LogP contribution is 2.38. The summed E-state index contributed by atoms with van der Waals surface area (Å²) in [6.07, 6.45) is 3.67. The van der Waals surface area contributed by atoms with Crippen LogP contribution >= 0.6 is 0 Å². The standard InChI is InChI=1S/C19H26N4O/c1-4-15(12-18(24)20-16-8-6-5-7-9-16)19-14(3)23(22-21-19)17-10-13(2)11-17/h5-9,13,15,17H,4,10-12H2,1-3H3,(H,20,24)/t13-,15-,17+/m0/s1. The number of anilines is 1. The van der Waals surface area contributed by atoms with Crippen molar-refractivity contribution in [1.82, 2.24) is 15.0 Å². The van der Waals surface area contributed by atoms with Crippen LogP contribution < -0.4 is 5.32 Å². The first-order chi connectivity index (χ1) is 11.6. The maximum absolute atomic E-state index is 12.4. The Kier molecular flexibility index (Phi) is 4.97. The van der Waals surface area contributed by atoms with Gasteiger partial charge < -0.3 is 5.32 Å². The molecular weight excluding hydrogens is 300 g/mol. The molecule has 1 fully saturated rings. The van der Waals surface area contributed by atoms with Gasteiger partial charge in [0.25, 0.3) is 0 Å². The van der Waals surface area contributed by atoms with E-state index in [1.807, 2.05) is 30.3 Å². The van der Waals surface area contributed by atoms with E-state index in [9.17, 15) is 4.79 Å². The third-order valence-electron chi connectivity index (χ3n) is 5.03. The van der Waals surface area contributed by atoms with Gasteiger partial charge in [0.2, 0.25) is 5.91 Å². The van der Waals surface area contributed by atoms with Crippen LogP contribution in [0, 0.1) is 12.8 Å². The molecule has 1 aliphatic carbocycles. The minimum atomic E-state index is 0.0271. The molecule has 0 unspecified atom stereocenters. The van der Waals surface area contributed by atoms with E-state index in [1.54, 1.807) is 0 Å². The number of carbonyl (C=O) groups excluding carboxylic acids is 1. The van der Waals surface area contributed by atoms with Gasteiger partial charge in [-0.25, -0.2) is 4.68 Å². The normalized spacial score (nSPS) is 21.1. The summed E-state index contributed by atoms with van der Waals surface area (Å²) in [4.78, 5) is 12.4. The molecule has 1 N–H and O–H groups in total. The third kappa shape index (κ3) is 3.50. The Morgan fingerprint density at radius 1 is 1.33 bits per heavy atom. The second-order valence-corrected chi connectivity index (χ2v) is 6.96. The van der Waals surface area contributed by atoms with Crippen LogP contribution in [0.1, 0.15) is 62.9 Å². The van der Waals surface area contributed by atoms with Gasteiger partial charge in [-0.2, -0.15) is 0 Å². The number of rotatable bonds is 6. The zero-order chi connectivity index (χ0) is 17.1. The molecule has 0 saturated heterocycles. The Labute approximate surface area is 143 Å². The highest BCUT2D eigenvalue weighted by atomic mass is 16.1. The summed E-state index contributed by atoms with van der Waals surface area (Å²) in [5, 5.41) is 11.7. The number of aromatic nitrogens is 3. The van der Waals surface area contributed by atoms with Crippen LogP contribution in [0.15, 0.2) is 30.3 Å². The lowest BCUT2D eigenvalue weighted by atomic mass is 9.82. The van der Waals surface area contributed by atoms with Crippen molar-refractivity contribution in [2.75, 3.05) is 5.32 Å². The zero-order valence-corrected chi connectivity index (χ0v) is 14.7. The van der Waals surface area contributed by atoms with Gasteiger partial charge in [0.15, 0.2) is 0 Å². The predicted octanol–water partition coefficient (Wildman–Crippen LogP) is 4.08. The highest BCUT2D eigenvalue weighted by molar-refractivity contribution is 5.91. The van der Waals surface area contributed by atoms with E-state index in [0.29, 0.717) is 12.5 Å². The summed E-state index contributed by atoms with van der Waals surface area (Å²) in [5.74, 6) is 0.917. The van der Waals surface area contributed by atoms with Crippen molar-refractivity contribution < 1.29 is 4.79 Å². The molecule has 1 aromatic carbocycles. The first-order valence-electron chi connectivity index (χ1n) is 8.85. The highest BCUT2D eigenvalue weighted by Gasteiger charge is 2.31. The second-order valence-electron chi connectivity index (χ2n) is 6.96. The van der Waals surface area contributed by atoms with Gasteiger partial charge in [0.05, 0.1) is 17.4 Å². The Morgan fingerprint density at radius 3 is 2.67 bits per heavy atom. The monoisotopic (exact) mass is 326 g/mol. The fourth-order valence-corrected chi connectivity index (χ4v) is 3.53. The molecule has 0 bridgehead atoms. The first kappa shape index (κ1) is 16.7. The number of nitrogens with zero attached hydrogens (tertiary/aromatic N) is 3. The maximum Gasteiger partial charge on any atom is 0.225 e. The summed E-state index contributed by atoms with van der Waals surface area (Å²) in [6.45, 7) is 6.45. The summed E-state index contributed by atoms with van der Waals surface area (Å²) in [5.41, 5.74) is 2.92. The van der Waals surface area contributed by atoms with Crippen molar-refractivity contribution >= 4 is 11.6 Å². The molecular formula is C19H26N4O. The zero-order valence-electron chi connectivity index (χ0n) is 14.7. The van der Waals surface area contributed by atoms with Gasteiger partial charge in [0.1, 0.15) is 0 Å². The SMILES string of the molecule is CC[C@@H](CC(=O)Nc1ccccc1)c1nnn([C@H]2C[C@@H](C)C2)c1C. The van der Waals surface area contributed by atoms with Gasteiger partial charge in [-0.1, -0.05) is 37.3 Å². The summed E-state index contributed by atoms with van der Waals surface area (Å²) in [7, 11) is 0. The number of hydrogen-bond donors (Lipinski definition) is 1. The van der Waals surface area contributed by atoms with Crippen LogP contribution in [0.5, 0.6) is 0 Å². The van der Waals surface area contributed by atoms with E-state index in [-0.39, 0.29) is 11.8 Å². The van der Waals surface area contributed by atoms with Crippen LogP contribution in [-0.4, -0.2) is 20.9 Å². The minimum Gasteiger partial charge on any atom is -0.326 e. The van der Waals surface area contributed by atoms with E-state index >= 15 is 0 Å². The van der Waals surface area contributed by atoms with E-state index in [1.165, 1.54) is 12.8 Å². The molecule has 1 saturated carbocycles. The molecule has 0 aliphatic heterocycles. The Balaban J connectivity index is 1.67. The van der Waals surface area contributed by atoms with Crippen LogP contribution in [0.3, 0.4) is 0 Å². The molecule has 1 aliphatic rings. The number of hydrogen-bond acceptors (Lipinski definition) is 3. The molecule has 3 rings (SSSR count). The molecule has 2 aromatic rings. The van der Waals surface area contributed by atoms with Crippen molar-refractivity contribution in [3.63, 3.8) is 0 Å². The molecule has 1 heterocycles. The van der Waals surface area contributed by atoms with Crippen LogP contribution in [0.2, 0.25) is 0 Å². The number of amides is 1. The number of para-hydroxylation sites is 1. The van der Waals surface area contributed by atoms with Crippen molar-refractivity contribution in [3.8, 4) is 0 Å². The fraction of sp³-hybridized carbons (Fsp3) is 0.526. The van der Waals surface area contributed by atoms with Gasteiger partial charge in [0, 0.05) is 18.0 Å². The lowest BCUT2D eigenvalue weighted by Crippen LogP contribution is -2.26.